The minimum atomic E-state index is 0.644. The number of halogens is 2. The topological polar surface area (TPSA) is 0 Å². The van der Waals surface area contributed by atoms with Crippen molar-refractivity contribution >= 4 is 33.2 Å². The zero-order valence-electron chi connectivity index (χ0n) is 3.32. The van der Waals surface area contributed by atoms with Crippen molar-refractivity contribution in [3.63, 3.8) is 0 Å². The average Bonchev–Trinajstić information content (AvgIpc) is 1.72. The highest BCUT2D eigenvalue weighted by molar-refractivity contribution is 14.8. The Morgan fingerprint density at radius 3 is 2.67 bits per heavy atom. The lowest BCUT2D eigenvalue weighted by molar-refractivity contribution is 1.28. The molecule has 0 atom stereocenters. The van der Waals surface area contributed by atoms with Crippen molar-refractivity contribution in [1.29, 1.82) is 0 Å². The molecular weight excluding hydrogens is 302 g/mol. The maximum absolute atomic E-state index is 2.43. The lowest BCUT2D eigenvalue weighted by Crippen LogP contribution is -1.64. The lowest BCUT2D eigenvalue weighted by Gasteiger charge is -1.86. The second kappa shape index (κ2) is 3.23. The molecule has 0 saturated heterocycles. The summed E-state index contributed by atoms with van der Waals surface area (Å²) in [4.78, 5) is 0. The molecule has 1 aliphatic rings. The molecule has 0 fully saturated rings. The quantitative estimate of drug-likeness (QED) is 0.477. The summed E-state index contributed by atoms with van der Waals surface area (Å²) in [7, 11) is 0. The van der Waals surface area contributed by atoms with Crippen LogP contribution >= 0.6 is 33.2 Å². The SMILES string of the molecule is C1=CI=ICC1. The molecule has 6 heavy (non-hydrogen) atoms. The summed E-state index contributed by atoms with van der Waals surface area (Å²) in [5.74, 6) is 0. The molecule has 0 aromatic carbocycles. The fourth-order valence-corrected chi connectivity index (χ4v) is 7.59. The molecule has 0 aliphatic carbocycles. The third-order valence-corrected chi connectivity index (χ3v) is 9.48. The second-order valence-corrected chi connectivity index (χ2v) is 10.9. The summed E-state index contributed by atoms with van der Waals surface area (Å²) in [6, 6.07) is 0. The van der Waals surface area contributed by atoms with Crippen LogP contribution in [0.5, 0.6) is 0 Å². The fourth-order valence-electron chi connectivity index (χ4n) is 0.276. The van der Waals surface area contributed by atoms with Gasteiger partial charge >= 0.3 is 0 Å². The number of hydrogen-bond acceptors (Lipinski definition) is 0. The van der Waals surface area contributed by atoms with E-state index in [1.165, 1.54) is 6.42 Å². The van der Waals surface area contributed by atoms with Crippen LogP contribution in [0, 0.1) is 0 Å². The van der Waals surface area contributed by atoms with Crippen molar-refractivity contribution in [3.8, 4) is 0 Å². The van der Waals surface area contributed by atoms with Gasteiger partial charge in [0, 0.05) is 4.43 Å². The maximum Gasteiger partial charge on any atom is 0.00329 e. The fraction of sp³-hybridized carbons (Fsp3) is 0.500. The van der Waals surface area contributed by atoms with E-state index in [-0.39, 0.29) is 0 Å². The number of alkyl halides is 1. The molecule has 0 aromatic rings. The van der Waals surface area contributed by atoms with Gasteiger partial charge < -0.3 is 0 Å². The molecule has 1 aliphatic heterocycles. The van der Waals surface area contributed by atoms with Crippen LogP contribution in [0.2, 0.25) is 0 Å². The van der Waals surface area contributed by atoms with Crippen LogP contribution in [0.25, 0.3) is 0 Å². The minimum absolute atomic E-state index is 0.644. The molecule has 0 unspecified atom stereocenters. The van der Waals surface area contributed by atoms with E-state index >= 15 is 0 Å². The Balaban J connectivity index is 2.46. The Morgan fingerprint density at radius 2 is 2.50 bits per heavy atom. The van der Waals surface area contributed by atoms with Crippen molar-refractivity contribution in [3.05, 3.63) is 10.2 Å². The smallest absolute Gasteiger partial charge is 0.00329 e. The highest BCUT2D eigenvalue weighted by Gasteiger charge is 1.79. The Morgan fingerprint density at radius 1 is 1.50 bits per heavy atom. The normalized spacial score (nSPS) is 21.3. The van der Waals surface area contributed by atoms with Gasteiger partial charge in [-0.1, -0.05) is 39.3 Å². The Labute approximate surface area is 53.7 Å². The lowest BCUT2D eigenvalue weighted by atomic mass is 10.5. The minimum Gasteiger partial charge on any atom is -0.0816 e. The Bertz CT molecular complexity index is 71.5. The average molecular weight is 308 g/mol. The molecule has 0 bridgehead atoms. The number of allylic oxidation sites excluding steroid dienone is 1. The Hall–Kier alpha value is 1.20. The molecule has 0 radical (unpaired) electrons. The number of hydrogen-bond donors (Lipinski definition) is 0. The van der Waals surface area contributed by atoms with Crippen LogP contribution in [0.15, 0.2) is 10.2 Å². The van der Waals surface area contributed by atoms with E-state index in [4.69, 9.17) is 0 Å². The molecule has 0 nitrogen and oxygen atoms in total. The van der Waals surface area contributed by atoms with Gasteiger partial charge in [-0.3, -0.25) is 0 Å². The molecule has 1 heterocycles. The summed E-state index contributed by atoms with van der Waals surface area (Å²) >= 11 is 1.38. The maximum atomic E-state index is 2.43. The summed E-state index contributed by atoms with van der Waals surface area (Å²) in [5, 5.41) is 0. The van der Waals surface area contributed by atoms with Gasteiger partial charge in [0.15, 0.2) is 0 Å². The molecule has 1 rings (SSSR count). The van der Waals surface area contributed by atoms with Gasteiger partial charge in [-0.15, -0.1) is 0 Å². The standard InChI is InChI=1S/C4H6I2/c1-2-4-6-5-3-1/h1,3H,2,4H2. The first-order chi connectivity index (χ1) is 3.00. The van der Waals surface area contributed by atoms with E-state index in [2.05, 4.69) is 10.2 Å². The van der Waals surface area contributed by atoms with Crippen LogP contribution in [-0.2, 0) is 0 Å². The highest BCUT2D eigenvalue weighted by Crippen LogP contribution is 2.23. The summed E-state index contributed by atoms with van der Waals surface area (Å²) in [6.45, 7) is 0. The molecule has 0 N–H and O–H groups in total. The predicted octanol–water partition coefficient (Wildman–Crippen LogP) is 2.76. The van der Waals surface area contributed by atoms with E-state index in [0.717, 1.165) is 16.6 Å². The van der Waals surface area contributed by atoms with Gasteiger partial charge in [0.25, 0.3) is 0 Å². The third kappa shape index (κ3) is 1.77. The van der Waals surface area contributed by atoms with Crippen LogP contribution in [0.1, 0.15) is 6.42 Å². The predicted molar refractivity (Wildman–Crippen MR) is 46.7 cm³/mol. The second-order valence-electron chi connectivity index (χ2n) is 1.02. The van der Waals surface area contributed by atoms with Crippen LogP contribution in [0.3, 0.4) is 0 Å². The van der Waals surface area contributed by atoms with Crippen molar-refractivity contribution in [2.45, 2.75) is 6.42 Å². The van der Waals surface area contributed by atoms with Gasteiger partial charge in [0.1, 0.15) is 0 Å². The van der Waals surface area contributed by atoms with Gasteiger partial charge in [0.2, 0.25) is 0 Å². The molecule has 0 aromatic heterocycles. The molecular formula is C4H6I2. The first-order valence-corrected chi connectivity index (χ1v) is 10.9. The summed E-state index contributed by atoms with van der Waals surface area (Å²) in [6.07, 6.45) is 3.74. The van der Waals surface area contributed by atoms with Gasteiger partial charge in [-0.05, 0) is 10.5 Å². The van der Waals surface area contributed by atoms with E-state index in [1.54, 1.807) is 4.43 Å². The molecule has 2 heteroatoms. The van der Waals surface area contributed by atoms with E-state index < -0.39 is 0 Å². The van der Waals surface area contributed by atoms with Crippen LogP contribution < -0.4 is 0 Å². The first kappa shape index (κ1) is 5.34. The van der Waals surface area contributed by atoms with Crippen molar-refractivity contribution in [1.82, 2.24) is 0 Å². The zero-order chi connectivity index (χ0) is 4.24. The number of rotatable bonds is 0. The van der Waals surface area contributed by atoms with Crippen molar-refractivity contribution in [2.24, 2.45) is 0 Å². The Kier molecular flexibility index (Phi) is 2.88. The summed E-state index contributed by atoms with van der Waals surface area (Å²) < 4.78 is 4.00. The van der Waals surface area contributed by atoms with E-state index in [9.17, 15) is 0 Å². The van der Waals surface area contributed by atoms with Crippen LogP contribution in [-0.4, -0.2) is 4.43 Å². The van der Waals surface area contributed by atoms with Crippen molar-refractivity contribution in [2.75, 3.05) is 4.43 Å². The molecule has 0 saturated carbocycles. The zero-order valence-corrected chi connectivity index (χ0v) is 7.64. The molecule has 36 valence electrons. The van der Waals surface area contributed by atoms with E-state index in [0.29, 0.717) is 16.6 Å². The van der Waals surface area contributed by atoms with Gasteiger partial charge in [-0.2, -0.15) is 0 Å². The van der Waals surface area contributed by atoms with Crippen molar-refractivity contribution < 1.29 is 0 Å². The highest BCUT2D eigenvalue weighted by atomic mass is 128. The largest absolute Gasteiger partial charge is 0.0816 e. The van der Waals surface area contributed by atoms with Crippen LogP contribution in [0.4, 0.5) is 0 Å². The van der Waals surface area contributed by atoms with E-state index in [1.807, 2.05) is 0 Å². The molecule has 0 spiro atoms. The third-order valence-electron chi connectivity index (χ3n) is 0.542. The summed E-state index contributed by atoms with van der Waals surface area (Å²) in [5.41, 5.74) is 0. The molecule has 0 amide bonds. The monoisotopic (exact) mass is 308 g/mol. The van der Waals surface area contributed by atoms with Gasteiger partial charge in [-0.25, -0.2) is 0 Å². The van der Waals surface area contributed by atoms with Gasteiger partial charge in [0.05, 0.1) is 0 Å². The first-order valence-electron chi connectivity index (χ1n) is 1.87.